The lowest BCUT2D eigenvalue weighted by Crippen LogP contribution is -2.45. The Bertz CT molecular complexity index is 1080. The summed E-state index contributed by atoms with van der Waals surface area (Å²) in [5, 5.41) is 5.86. The first kappa shape index (κ1) is 24.5. The number of aryl methyl sites for hydroxylation is 1. The predicted octanol–water partition coefficient (Wildman–Crippen LogP) is 4.11. The van der Waals surface area contributed by atoms with Crippen molar-refractivity contribution >= 4 is 46.2 Å². The highest BCUT2D eigenvalue weighted by molar-refractivity contribution is 7.80. The van der Waals surface area contributed by atoms with Crippen molar-refractivity contribution in [1.82, 2.24) is 9.80 Å². The van der Waals surface area contributed by atoms with Crippen molar-refractivity contribution in [3.63, 3.8) is 0 Å². The molecule has 0 atom stereocenters. The quantitative estimate of drug-likeness (QED) is 0.488. The fraction of sp³-hybridized carbons (Fsp3) is 0.480. The summed E-state index contributed by atoms with van der Waals surface area (Å²) in [6.45, 7) is 5.24. The third-order valence-corrected chi connectivity index (χ3v) is 8.41. The van der Waals surface area contributed by atoms with Gasteiger partial charge in [-0.15, -0.1) is 11.3 Å². The number of thiophene rings is 1. The third kappa shape index (κ3) is 5.20. The van der Waals surface area contributed by atoms with Crippen LogP contribution in [0.25, 0.3) is 0 Å². The molecule has 2 aromatic rings. The van der Waals surface area contributed by atoms with Crippen molar-refractivity contribution in [1.29, 1.82) is 0 Å². The maximum atomic E-state index is 12.9. The zero-order valence-corrected chi connectivity index (χ0v) is 21.5. The van der Waals surface area contributed by atoms with Gasteiger partial charge in [0.05, 0.1) is 26.3 Å². The molecule has 3 heterocycles. The number of likely N-dealkylation sites (tertiary alicyclic amines) is 2. The molecular formula is C25H31N3O4S2. The van der Waals surface area contributed by atoms with Crippen molar-refractivity contribution in [3.05, 3.63) is 45.6 Å². The highest BCUT2D eigenvalue weighted by Crippen LogP contribution is 2.41. The molecular weight excluding hydrogens is 470 g/mol. The largest absolute Gasteiger partial charge is 0.497 e. The molecule has 34 heavy (non-hydrogen) atoms. The lowest BCUT2D eigenvalue weighted by Gasteiger charge is -2.39. The molecule has 182 valence electrons. The summed E-state index contributed by atoms with van der Waals surface area (Å²) >= 11 is 7.07. The molecule has 1 N–H and O–H groups in total. The molecule has 9 heteroatoms. The van der Waals surface area contributed by atoms with Crippen LogP contribution < -0.4 is 10.1 Å². The van der Waals surface area contributed by atoms with Gasteiger partial charge in [-0.3, -0.25) is 4.79 Å². The van der Waals surface area contributed by atoms with Crippen LogP contribution in [0.4, 0.5) is 5.69 Å². The van der Waals surface area contributed by atoms with E-state index < -0.39 is 0 Å². The molecule has 2 saturated heterocycles. The summed E-state index contributed by atoms with van der Waals surface area (Å²) in [5.41, 5.74) is 2.86. The first-order valence-electron chi connectivity index (χ1n) is 11.5. The van der Waals surface area contributed by atoms with E-state index in [1.807, 2.05) is 41.5 Å². The Balaban J connectivity index is 1.31. The van der Waals surface area contributed by atoms with Gasteiger partial charge in [-0.2, -0.15) is 0 Å². The van der Waals surface area contributed by atoms with Crippen LogP contribution in [0.5, 0.6) is 5.75 Å². The number of carbonyl (C=O) groups is 2. The van der Waals surface area contributed by atoms with E-state index in [2.05, 4.69) is 10.2 Å². The summed E-state index contributed by atoms with van der Waals surface area (Å²) in [5.74, 6) is 0.584. The molecule has 0 aliphatic carbocycles. The summed E-state index contributed by atoms with van der Waals surface area (Å²) in [7, 11) is 3.02. The van der Waals surface area contributed by atoms with Crippen LogP contribution in [0.2, 0.25) is 0 Å². The minimum Gasteiger partial charge on any atom is -0.497 e. The first-order chi connectivity index (χ1) is 16.3. The Morgan fingerprint density at radius 2 is 1.85 bits per heavy atom. The number of thiocarbonyl (C=S) groups is 1. The van der Waals surface area contributed by atoms with Crippen molar-refractivity contribution in [2.75, 3.05) is 45.7 Å². The number of carbonyl (C=O) groups excluding carboxylic acids is 2. The smallest absolute Gasteiger partial charge is 0.350 e. The maximum Gasteiger partial charge on any atom is 0.350 e. The van der Waals surface area contributed by atoms with E-state index >= 15 is 0 Å². The van der Waals surface area contributed by atoms with Gasteiger partial charge in [-0.05, 0) is 72.5 Å². The van der Waals surface area contributed by atoms with Gasteiger partial charge in [-0.25, -0.2) is 4.79 Å². The van der Waals surface area contributed by atoms with Gasteiger partial charge >= 0.3 is 5.97 Å². The van der Waals surface area contributed by atoms with Crippen molar-refractivity contribution < 1.29 is 19.1 Å². The summed E-state index contributed by atoms with van der Waals surface area (Å²) in [6.07, 6.45) is 3.40. The van der Waals surface area contributed by atoms with Crippen LogP contribution in [0.15, 0.2) is 29.6 Å². The molecule has 2 aliphatic heterocycles. The lowest BCUT2D eigenvalue weighted by molar-refractivity contribution is -0.132. The molecule has 0 saturated carbocycles. The number of hydrogen-bond donors (Lipinski definition) is 1. The highest BCUT2D eigenvalue weighted by atomic mass is 32.1. The summed E-state index contributed by atoms with van der Waals surface area (Å²) in [6, 6.07) is 7.70. The number of hydrogen-bond acceptors (Lipinski definition) is 6. The Kier molecular flexibility index (Phi) is 7.42. The number of benzene rings is 1. The minimum atomic E-state index is -0.354. The van der Waals surface area contributed by atoms with E-state index in [4.69, 9.17) is 21.7 Å². The topological polar surface area (TPSA) is 71.1 Å². The van der Waals surface area contributed by atoms with Crippen molar-refractivity contribution in [3.8, 4) is 5.75 Å². The minimum absolute atomic E-state index is 0.165. The van der Waals surface area contributed by atoms with E-state index in [0.717, 1.165) is 68.0 Å². The number of nitrogens with one attached hydrogen (secondary N) is 1. The third-order valence-electron chi connectivity index (χ3n) is 6.97. The van der Waals surface area contributed by atoms with Gasteiger partial charge in [0.1, 0.15) is 10.6 Å². The van der Waals surface area contributed by atoms with E-state index in [-0.39, 0.29) is 17.3 Å². The molecule has 1 amide bonds. The average Bonchev–Trinajstić information content (AvgIpc) is 3.43. The lowest BCUT2D eigenvalue weighted by atomic mass is 9.77. The number of nitrogens with zero attached hydrogens (tertiary/aromatic N) is 2. The van der Waals surface area contributed by atoms with Crippen LogP contribution in [0.1, 0.15) is 40.1 Å². The second kappa shape index (κ2) is 10.3. The van der Waals surface area contributed by atoms with Crippen LogP contribution in [-0.4, -0.2) is 67.2 Å². The number of rotatable bonds is 5. The van der Waals surface area contributed by atoms with Gasteiger partial charge in [0.2, 0.25) is 5.91 Å². The van der Waals surface area contributed by atoms with Crippen molar-refractivity contribution in [2.45, 2.75) is 32.6 Å². The zero-order valence-electron chi connectivity index (χ0n) is 19.9. The molecule has 0 bridgehead atoms. The standard InChI is InChI=1S/C25H31N3O4S2/c1-17-15-34-22(23(30)32-3)21(17)26-24(33)28-12-9-25(16-28)7-10-27(11-8-25)20(29)14-18-5-4-6-19(13-18)31-2/h4-6,13,15H,7-12,14,16H2,1-3H3,(H,26,33). The normalized spacial score (nSPS) is 17.0. The zero-order chi connectivity index (χ0) is 24.3. The van der Waals surface area contributed by atoms with Gasteiger partial charge in [0, 0.05) is 26.2 Å². The van der Waals surface area contributed by atoms with E-state index in [9.17, 15) is 9.59 Å². The molecule has 1 aromatic heterocycles. The molecule has 0 unspecified atom stereocenters. The molecule has 2 fully saturated rings. The molecule has 7 nitrogen and oxygen atoms in total. The Hall–Kier alpha value is -2.65. The Morgan fingerprint density at radius 3 is 2.53 bits per heavy atom. The fourth-order valence-electron chi connectivity index (χ4n) is 4.84. The second-order valence-electron chi connectivity index (χ2n) is 9.13. The van der Waals surface area contributed by atoms with E-state index in [0.29, 0.717) is 16.4 Å². The number of amides is 1. The number of ether oxygens (including phenoxy) is 2. The number of esters is 1. The number of methoxy groups -OCH3 is 2. The van der Waals surface area contributed by atoms with Gasteiger partial charge < -0.3 is 24.6 Å². The fourth-order valence-corrected chi connectivity index (χ4v) is 6.02. The molecule has 1 aromatic carbocycles. The average molecular weight is 502 g/mol. The van der Waals surface area contributed by atoms with Gasteiger partial charge in [-0.1, -0.05) is 12.1 Å². The Labute approximate surface area is 210 Å². The first-order valence-corrected chi connectivity index (χ1v) is 12.8. The van der Waals surface area contributed by atoms with Crippen LogP contribution in [0, 0.1) is 12.3 Å². The second-order valence-corrected chi connectivity index (χ2v) is 10.4. The molecule has 1 spiro atoms. The highest BCUT2D eigenvalue weighted by Gasteiger charge is 2.42. The van der Waals surface area contributed by atoms with Crippen LogP contribution in [-0.2, 0) is 16.0 Å². The molecule has 4 rings (SSSR count). The Morgan fingerprint density at radius 1 is 1.15 bits per heavy atom. The molecule has 2 aliphatic rings. The number of anilines is 1. The monoisotopic (exact) mass is 501 g/mol. The summed E-state index contributed by atoms with van der Waals surface area (Å²) in [4.78, 5) is 29.7. The van der Waals surface area contributed by atoms with Crippen LogP contribution in [0.3, 0.4) is 0 Å². The van der Waals surface area contributed by atoms with Gasteiger partial charge in [0.15, 0.2) is 5.11 Å². The number of piperidine rings is 1. The van der Waals surface area contributed by atoms with Crippen LogP contribution >= 0.6 is 23.6 Å². The van der Waals surface area contributed by atoms with Crippen molar-refractivity contribution in [2.24, 2.45) is 5.41 Å². The van der Waals surface area contributed by atoms with Gasteiger partial charge in [0.25, 0.3) is 0 Å². The summed E-state index contributed by atoms with van der Waals surface area (Å²) < 4.78 is 10.2. The molecule has 0 radical (unpaired) electrons. The predicted molar refractivity (Wildman–Crippen MR) is 138 cm³/mol. The van der Waals surface area contributed by atoms with E-state index in [1.54, 1.807) is 7.11 Å². The maximum absolute atomic E-state index is 12.9. The van der Waals surface area contributed by atoms with E-state index in [1.165, 1.54) is 18.4 Å². The SMILES string of the molecule is COC(=O)c1scc(C)c1NC(=S)N1CCC2(CCN(C(=O)Cc3cccc(OC)c3)CC2)C1.